The molecule has 0 aromatic heterocycles. The minimum absolute atomic E-state index is 0.751. The van der Waals surface area contributed by atoms with Crippen LogP contribution >= 0.6 is 0 Å². The predicted molar refractivity (Wildman–Crippen MR) is 81.6 cm³/mol. The predicted octanol–water partition coefficient (Wildman–Crippen LogP) is 3.86. The molecule has 0 fully saturated rings. The summed E-state index contributed by atoms with van der Waals surface area (Å²) in [6, 6.07) is 17.5. The van der Waals surface area contributed by atoms with E-state index >= 15 is 0 Å². The highest BCUT2D eigenvalue weighted by Gasteiger charge is 1.98. The molecule has 0 aliphatic carbocycles. The van der Waals surface area contributed by atoms with E-state index in [0.29, 0.717) is 0 Å². The second kappa shape index (κ2) is 8.23. The molecule has 0 unspecified atom stereocenters. The van der Waals surface area contributed by atoms with Crippen LogP contribution in [0.4, 0.5) is 0 Å². The Hall–Kier alpha value is -2.00. The quantitative estimate of drug-likeness (QED) is 0.740. The number of hydrogen-bond acceptors (Lipinski definition) is 3. The number of rotatable bonds is 8. The molecule has 0 heterocycles. The van der Waals surface area contributed by atoms with Crippen LogP contribution in [-0.4, -0.2) is 20.2 Å². The molecule has 20 heavy (non-hydrogen) atoms. The van der Waals surface area contributed by atoms with Crippen molar-refractivity contribution in [2.45, 2.75) is 12.8 Å². The maximum absolute atomic E-state index is 5.73. The molecule has 106 valence electrons. The average molecular weight is 271 g/mol. The van der Waals surface area contributed by atoms with Crippen LogP contribution in [0.1, 0.15) is 12.8 Å². The number of unbranched alkanes of at least 4 members (excludes halogenated alkanes) is 1. The largest absolute Gasteiger partial charge is 0.494 e. The Balaban J connectivity index is 1.78. The third kappa shape index (κ3) is 4.94. The van der Waals surface area contributed by atoms with E-state index in [9.17, 15) is 0 Å². The molecule has 0 amide bonds. The monoisotopic (exact) mass is 271 g/mol. The SMILES string of the molecule is CNCCCCOc1ccc(Oc2ccccc2)cc1. The Morgan fingerprint density at radius 3 is 2.15 bits per heavy atom. The summed E-state index contributed by atoms with van der Waals surface area (Å²) in [5.74, 6) is 2.54. The Morgan fingerprint density at radius 1 is 0.800 bits per heavy atom. The number of benzene rings is 2. The second-order valence-corrected chi connectivity index (χ2v) is 4.55. The molecule has 0 aliphatic rings. The van der Waals surface area contributed by atoms with Crippen molar-refractivity contribution in [2.75, 3.05) is 20.2 Å². The fourth-order valence-corrected chi connectivity index (χ4v) is 1.82. The molecule has 0 aliphatic heterocycles. The second-order valence-electron chi connectivity index (χ2n) is 4.55. The Bertz CT molecular complexity index is 482. The minimum Gasteiger partial charge on any atom is -0.494 e. The average Bonchev–Trinajstić information content (AvgIpc) is 2.50. The summed E-state index contributed by atoms with van der Waals surface area (Å²) >= 11 is 0. The van der Waals surface area contributed by atoms with Crippen LogP contribution in [-0.2, 0) is 0 Å². The third-order valence-corrected chi connectivity index (χ3v) is 2.89. The van der Waals surface area contributed by atoms with Gasteiger partial charge in [-0.2, -0.15) is 0 Å². The zero-order valence-electron chi connectivity index (χ0n) is 11.8. The molecule has 0 bridgehead atoms. The molecule has 2 rings (SSSR count). The molecule has 0 saturated heterocycles. The lowest BCUT2D eigenvalue weighted by molar-refractivity contribution is 0.306. The van der Waals surface area contributed by atoms with Crippen molar-refractivity contribution in [2.24, 2.45) is 0 Å². The standard InChI is InChI=1S/C17H21NO2/c1-18-13-5-6-14-19-15-9-11-17(12-10-15)20-16-7-3-2-4-8-16/h2-4,7-12,18H,5-6,13-14H2,1H3. The molecule has 2 aromatic rings. The molecular weight excluding hydrogens is 250 g/mol. The zero-order chi connectivity index (χ0) is 14.0. The van der Waals surface area contributed by atoms with Gasteiger partial charge in [-0.05, 0) is 62.8 Å². The van der Waals surface area contributed by atoms with Crippen LogP contribution in [0, 0.1) is 0 Å². The lowest BCUT2D eigenvalue weighted by Crippen LogP contribution is -2.09. The summed E-state index contributed by atoms with van der Waals surface area (Å²) in [5.41, 5.74) is 0. The summed E-state index contributed by atoms with van der Waals surface area (Å²) in [4.78, 5) is 0. The van der Waals surface area contributed by atoms with Gasteiger partial charge in [-0.1, -0.05) is 18.2 Å². The summed E-state index contributed by atoms with van der Waals surface area (Å²) in [5, 5.41) is 3.12. The maximum Gasteiger partial charge on any atom is 0.127 e. The highest BCUT2D eigenvalue weighted by Crippen LogP contribution is 2.23. The van der Waals surface area contributed by atoms with Gasteiger partial charge in [-0.25, -0.2) is 0 Å². The van der Waals surface area contributed by atoms with Gasteiger partial charge < -0.3 is 14.8 Å². The topological polar surface area (TPSA) is 30.5 Å². The molecule has 2 aromatic carbocycles. The van der Waals surface area contributed by atoms with Crippen molar-refractivity contribution in [3.8, 4) is 17.2 Å². The van der Waals surface area contributed by atoms with Crippen LogP contribution in [0.15, 0.2) is 54.6 Å². The maximum atomic E-state index is 5.73. The van der Waals surface area contributed by atoms with Gasteiger partial charge in [0.15, 0.2) is 0 Å². The van der Waals surface area contributed by atoms with Crippen LogP contribution in [0.2, 0.25) is 0 Å². The fourth-order valence-electron chi connectivity index (χ4n) is 1.82. The van der Waals surface area contributed by atoms with E-state index in [1.54, 1.807) is 0 Å². The number of para-hydroxylation sites is 1. The molecular formula is C17H21NO2. The smallest absolute Gasteiger partial charge is 0.127 e. The van der Waals surface area contributed by atoms with Crippen molar-refractivity contribution in [1.82, 2.24) is 5.32 Å². The van der Waals surface area contributed by atoms with Gasteiger partial charge in [0.1, 0.15) is 17.2 Å². The van der Waals surface area contributed by atoms with Crippen molar-refractivity contribution < 1.29 is 9.47 Å². The first-order valence-corrected chi connectivity index (χ1v) is 6.99. The minimum atomic E-state index is 0.751. The number of nitrogens with one attached hydrogen (secondary N) is 1. The third-order valence-electron chi connectivity index (χ3n) is 2.89. The number of hydrogen-bond donors (Lipinski definition) is 1. The summed E-state index contributed by atoms with van der Waals surface area (Å²) in [6.07, 6.45) is 2.19. The first-order chi connectivity index (χ1) is 9.88. The first-order valence-electron chi connectivity index (χ1n) is 6.99. The molecule has 3 nitrogen and oxygen atoms in total. The number of ether oxygens (including phenoxy) is 2. The van der Waals surface area contributed by atoms with E-state index in [-0.39, 0.29) is 0 Å². The Kier molecular flexibility index (Phi) is 5.93. The van der Waals surface area contributed by atoms with E-state index in [4.69, 9.17) is 9.47 Å². The molecule has 0 saturated carbocycles. The van der Waals surface area contributed by atoms with E-state index in [0.717, 1.165) is 43.2 Å². The van der Waals surface area contributed by atoms with Gasteiger partial charge in [0.25, 0.3) is 0 Å². The van der Waals surface area contributed by atoms with Gasteiger partial charge in [0.05, 0.1) is 6.61 Å². The lowest BCUT2D eigenvalue weighted by atomic mass is 10.3. The molecule has 3 heteroatoms. The van der Waals surface area contributed by atoms with Gasteiger partial charge in [0, 0.05) is 0 Å². The molecule has 0 spiro atoms. The van der Waals surface area contributed by atoms with E-state index in [1.807, 2.05) is 61.6 Å². The Morgan fingerprint density at radius 2 is 1.45 bits per heavy atom. The van der Waals surface area contributed by atoms with E-state index in [2.05, 4.69) is 5.32 Å². The summed E-state index contributed by atoms with van der Waals surface area (Å²) < 4.78 is 11.4. The van der Waals surface area contributed by atoms with Crippen molar-refractivity contribution in [3.05, 3.63) is 54.6 Å². The van der Waals surface area contributed by atoms with Crippen molar-refractivity contribution in [1.29, 1.82) is 0 Å². The van der Waals surface area contributed by atoms with Gasteiger partial charge in [-0.3, -0.25) is 0 Å². The molecule has 1 N–H and O–H groups in total. The van der Waals surface area contributed by atoms with Gasteiger partial charge in [0.2, 0.25) is 0 Å². The van der Waals surface area contributed by atoms with Crippen LogP contribution in [0.3, 0.4) is 0 Å². The summed E-state index contributed by atoms with van der Waals surface area (Å²) in [7, 11) is 1.96. The van der Waals surface area contributed by atoms with Crippen LogP contribution in [0.25, 0.3) is 0 Å². The normalized spacial score (nSPS) is 10.2. The van der Waals surface area contributed by atoms with Crippen LogP contribution in [0.5, 0.6) is 17.2 Å². The van der Waals surface area contributed by atoms with Gasteiger partial charge in [-0.15, -0.1) is 0 Å². The van der Waals surface area contributed by atoms with Crippen molar-refractivity contribution >= 4 is 0 Å². The molecule has 0 atom stereocenters. The Labute approximate surface area is 120 Å². The van der Waals surface area contributed by atoms with E-state index in [1.165, 1.54) is 0 Å². The molecule has 0 radical (unpaired) electrons. The van der Waals surface area contributed by atoms with Crippen molar-refractivity contribution in [3.63, 3.8) is 0 Å². The van der Waals surface area contributed by atoms with Gasteiger partial charge >= 0.3 is 0 Å². The highest BCUT2D eigenvalue weighted by atomic mass is 16.5. The first kappa shape index (κ1) is 14.4. The van der Waals surface area contributed by atoms with Crippen LogP contribution < -0.4 is 14.8 Å². The zero-order valence-corrected chi connectivity index (χ0v) is 11.8. The van der Waals surface area contributed by atoms with E-state index < -0.39 is 0 Å². The lowest BCUT2D eigenvalue weighted by Gasteiger charge is -2.08. The summed E-state index contributed by atoms with van der Waals surface area (Å²) in [6.45, 7) is 1.79. The fraction of sp³-hybridized carbons (Fsp3) is 0.294. The highest BCUT2D eigenvalue weighted by molar-refractivity contribution is 5.35.